The van der Waals surface area contributed by atoms with Gasteiger partial charge in [-0.2, -0.15) is 0 Å². The number of nitrogens with zero attached hydrogens (tertiary/aromatic N) is 1. The van der Waals surface area contributed by atoms with Crippen molar-refractivity contribution in [2.45, 2.75) is 56.1 Å². The van der Waals surface area contributed by atoms with Gasteiger partial charge in [0.25, 0.3) is 0 Å². The molecule has 0 amide bonds. The smallest absolute Gasteiger partial charge is 0.159 e. The number of anilines is 1. The van der Waals surface area contributed by atoms with Crippen LogP contribution in [0.2, 0.25) is 0 Å². The molecule has 5 aliphatic carbocycles. The molecule has 1 aromatic heterocycles. The lowest BCUT2D eigenvalue weighted by molar-refractivity contribution is 0.0365. The van der Waals surface area contributed by atoms with Crippen LogP contribution in [0.25, 0.3) is 21.9 Å². The van der Waals surface area contributed by atoms with Crippen LogP contribution < -0.4 is 9.64 Å². The van der Waals surface area contributed by atoms with Crippen LogP contribution in [0.5, 0.6) is 5.75 Å². The van der Waals surface area contributed by atoms with Crippen molar-refractivity contribution in [1.29, 1.82) is 0 Å². The zero-order valence-electron chi connectivity index (χ0n) is 26.7. The van der Waals surface area contributed by atoms with Gasteiger partial charge in [-0.1, -0.05) is 85.0 Å². The lowest BCUT2D eigenvalue weighted by Crippen LogP contribution is -2.47. The van der Waals surface area contributed by atoms with E-state index in [0.29, 0.717) is 0 Å². The average Bonchev–Trinajstić information content (AvgIpc) is 3.66. The van der Waals surface area contributed by atoms with E-state index in [-0.39, 0.29) is 12.0 Å². The Morgan fingerprint density at radius 2 is 1.56 bits per heavy atom. The second kappa shape index (κ2) is 9.74. The maximum absolute atomic E-state index is 12.2. The van der Waals surface area contributed by atoms with E-state index in [1.807, 2.05) is 24.3 Å². The molecule has 0 bridgehead atoms. The fourth-order valence-electron chi connectivity index (χ4n) is 9.95. The Morgan fingerprint density at radius 1 is 0.792 bits per heavy atom. The number of furan rings is 1. The molecule has 0 saturated carbocycles. The van der Waals surface area contributed by atoms with Crippen LogP contribution in [0.4, 0.5) is 5.69 Å². The van der Waals surface area contributed by atoms with E-state index >= 15 is 0 Å². The van der Waals surface area contributed by atoms with Gasteiger partial charge in [-0.25, -0.2) is 0 Å². The van der Waals surface area contributed by atoms with Gasteiger partial charge in [-0.3, -0.25) is 0 Å². The summed E-state index contributed by atoms with van der Waals surface area (Å²) in [5.41, 5.74) is 14.1. The Hall–Kier alpha value is -5.06. The molecule has 0 radical (unpaired) electrons. The Bertz CT molecular complexity index is 2330. The standard InChI is InChI=1S/C44H35NO3/c46-42-30-15-4-10-22-38(30)47-39-23-11-20-36(40(39)42)45-35-19-8-7-18-33(35)44(31-16-5-1-12-26(31)27-13-2-6-17-32(27)44)34-25-24-29-28-14-3-9-21-37(28)48-43(29)41(34)45/h3-6,9-11,14-25,39-40,42,46H,1-2,7-8,12-13H2. The number of hydrogen-bond acceptors (Lipinski definition) is 4. The Kier molecular flexibility index (Phi) is 5.47. The molecule has 0 fully saturated rings. The highest BCUT2D eigenvalue weighted by Crippen LogP contribution is 2.66. The lowest BCUT2D eigenvalue weighted by atomic mass is 9.60. The first kappa shape index (κ1) is 26.9. The van der Waals surface area contributed by atoms with Crippen molar-refractivity contribution in [3.05, 3.63) is 166 Å². The molecule has 1 N–H and O–H groups in total. The highest BCUT2D eigenvalue weighted by Gasteiger charge is 2.57. The van der Waals surface area contributed by atoms with Crippen molar-refractivity contribution in [3.8, 4) is 5.75 Å². The van der Waals surface area contributed by atoms with E-state index < -0.39 is 11.5 Å². The predicted molar refractivity (Wildman–Crippen MR) is 191 cm³/mol. The zero-order valence-corrected chi connectivity index (χ0v) is 26.7. The quantitative estimate of drug-likeness (QED) is 0.229. The first-order chi connectivity index (χ1) is 23.7. The summed E-state index contributed by atoms with van der Waals surface area (Å²) in [6, 6.07) is 21.0. The molecule has 4 nitrogen and oxygen atoms in total. The average molecular weight is 626 g/mol. The van der Waals surface area contributed by atoms with E-state index in [1.54, 1.807) is 11.1 Å². The number of hydrogen-bond donors (Lipinski definition) is 1. The first-order valence-electron chi connectivity index (χ1n) is 17.5. The van der Waals surface area contributed by atoms with E-state index in [0.717, 1.165) is 83.2 Å². The van der Waals surface area contributed by atoms with Crippen molar-refractivity contribution < 1.29 is 14.3 Å². The number of para-hydroxylation sites is 2. The number of ether oxygens (including phenoxy) is 1. The molecule has 48 heavy (non-hydrogen) atoms. The highest BCUT2D eigenvalue weighted by molar-refractivity contribution is 6.11. The van der Waals surface area contributed by atoms with Crippen molar-refractivity contribution in [1.82, 2.24) is 0 Å². The normalized spacial score (nSPS) is 26.0. The minimum Gasteiger partial charge on any atom is -0.485 e. The van der Waals surface area contributed by atoms with E-state index in [9.17, 15) is 5.11 Å². The van der Waals surface area contributed by atoms with Crippen molar-refractivity contribution >= 4 is 27.6 Å². The van der Waals surface area contributed by atoms with Crippen LogP contribution >= 0.6 is 0 Å². The molecular formula is C44H35NO3. The Labute approximate surface area is 279 Å². The van der Waals surface area contributed by atoms with Crippen molar-refractivity contribution in [2.24, 2.45) is 5.92 Å². The fourth-order valence-corrected chi connectivity index (χ4v) is 9.95. The molecule has 3 aromatic carbocycles. The number of fused-ring (bicyclic) bond motifs is 13. The van der Waals surface area contributed by atoms with E-state index in [4.69, 9.17) is 9.15 Å². The molecule has 2 aliphatic heterocycles. The van der Waals surface area contributed by atoms with Gasteiger partial charge in [-0.05, 0) is 102 Å². The molecule has 0 saturated heterocycles. The number of aliphatic hydroxyl groups is 1. The zero-order chi connectivity index (χ0) is 31.6. The number of allylic oxidation sites excluding steroid dienone is 13. The molecule has 4 aromatic rings. The van der Waals surface area contributed by atoms with E-state index in [1.165, 1.54) is 28.0 Å². The van der Waals surface area contributed by atoms with Gasteiger partial charge in [0.1, 0.15) is 17.4 Å². The van der Waals surface area contributed by atoms with Crippen LogP contribution in [0.1, 0.15) is 55.8 Å². The minimum atomic E-state index is -0.723. The second-order valence-electron chi connectivity index (χ2n) is 14.0. The minimum absolute atomic E-state index is 0.293. The third-order valence-corrected chi connectivity index (χ3v) is 11.8. The number of aliphatic hydroxyl groups excluding tert-OH is 1. The predicted octanol–water partition coefficient (Wildman–Crippen LogP) is 10.1. The Morgan fingerprint density at radius 3 is 2.42 bits per heavy atom. The van der Waals surface area contributed by atoms with Gasteiger partial charge in [0.15, 0.2) is 5.58 Å². The van der Waals surface area contributed by atoms with Gasteiger partial charge in [0.05, 0.1) is 23.1 Å². The summed E-state index contributed by atoms with van der Waals surface area (Å²) in [6.07, 6.45) is 26.3. The molecule has 3 atom stereocenters. The molecule has 3 heterocycles. The van der Waals surface area contributed by atoms with Crippen LogP contribution in [-0.2, 0) is 5.41 Å². The fraction of sp³-hybridized carbons (Fsp3) is 0.227. The summed E-state index contributed by atoms with van der Waals surface area (Å²) in [7, 11) is 0. The topological polar surface area (TPSA) is 45.8 Å². The van der Waals surface area contributed by atoms with Crippen LogP contribution in [-0.4, -0.2) is 11.2 Å². The molecular weight excluding hydrogens is 590 g/mol. The first-order valence-corrected chi connectivity index (χ1v) is 17.5. The molecule has 234 valence electrons. The van der Waals surface area contributed by atoms with Gasteiger partial charge < -0.3 is 19.2 Å². The summed E-state index contributed by atoms with van der Waals surface area (Å²) < 4.78 is 13.6. The maximum atomic E-state index is 12.2. The van der Waals surface area contributed by atoms with Crippen molar-refractivity contribution in [3.63, 3.8) is 0 Å². The molecule has 4 heteroatoms. The third kappa shape index (κ3) is 3.29. The van der Waals surface area contributed by atoms with Gasteiger partial charge >= 0.3 is 0 Å². The molecule has 3 unspecified atom stereocenters. The summed E-state index contributed by atoms with van der Waals surface area (Å²) in [5, 5.41) is 14.4. The summed E-state index contributed by atoms with van der Waals surface area (Å²) in [5.74, 6) is 0.457. The lowest BCUT2D eigenvalue weighted by Gasteiger charge is -2.51. The van der Waals surface area contributed by atoms with E-state index in [2.05, 4.69) is 96.0 Å². The monoisotopic (exact) mass is 625 g/mol. The largest absolute Gasteiger partial charge is 0.485 e. The maximum Gasteiger partial charge on any atom is 0.159 e. The summed E-state index contributed by atoms with van der Waals surface area (Å²) >= 11 is 0. The van der Waals surface area contributed by atoms with Gasteiger partial charge in [-0.15, -0.1) is 0 Å². The van der Waals surface area contributed by atoms with Gasteiger partial charge in [0.2, 0.25) is 0 Å². The molecule has 11 rings (SSSR count). The second-order valence-corrected chi connectivity index (χ2v) is 14.0. The summed E-state index contributed by atoms with van der Waals surface area (Å²) in [6.45, 7) is 0. The molecule has 1 spiro atoms. The van der Waals surface area contributed by atoms with Crippen LogP contribution in [0.3, 0.4) is 0 Å². The summed E-state index contributed by atoms with van der Waals surface area (Å²) in [4.78, 5) is 2.45. The van der Waals surface area contributed by atoms with Gasteiger partial charge in [0, 0.05) is 27.7 Å². The SMILES string of the molecule is OC1c2ccccc2OC2C=CC=C(N3C4=CCCC=C4C4(C5=C(CCC=C5)C5=C4C=CCC5)c4ccc5c(oc6ccccc65)c43)C21. The van der Waals surface area contributed by atoms with Crippen molar-refractivity contribution in [2.75, 3.05) is 4.90 Å². The molecule has 7 aliphatic rings. The Balaban J connectivity index is 1.25. The number of rotatable bonds is 1. The number of benzene rings is 3. The van der Waals surface area contributed by atoms with Crippen LogP contribution in [0.15, 0.2) is 159 Å². The third-order valence-electron chi connectivity index (χ3n) is 11.8. The highest BCUT2D eigenvalue weighted by atomic mass is 16.5. The van der Waals surface area contributed by atoms with Crippen LogP contribution in [0, 0.1) is 5.92 Å².